The summed E-state index contributed by atoms with van der Waals surface area (Å²) >= 11 is 0. The molecule has 106 valence electrons. The van der Waals surface area contributed by atoms with Gasteiger partial charge in [-0.25, -0.2) is 9.97 Å². The highest BCUT2D eigenvalue weighted by Gasteiger charge is 2.19. The molecule has 2 aromatic heterocycles. The van der Waals surface area contributed by atoms with Crippen molar-refractivity contribution in [1.29, 1.82) is 0 Å². The number of hydrogen-bond acceptors (Lipinski definition) is 5. The summed E-state index contributed by atoms with van der Waals surface area (Å²) in [6.45, 7) is 2.01. The van der Waals surface area contributed by atoms with E-state index in [9.17, 15) is 0 Å². The van der Waals surface area contributed by atoms with Crippen LogP contribution in [0.4, 0.5) is 5.82 Å². The molecule has 3 N–H and O–H groups in total. The van der Waals surface area contributed by atoms with Gasteiger partial charge in [0.15, 0.2) is 11.6 Å². The Hall–Kier alpha value is -2.89. The smallest absolute Gasteiger partial charge is 0.178 e. The molecule has 0 aliphatic carbocycles. The normalized spacial score (nSPS) is 10.6. The molecule has 0 unspecified atom stereocenters. The fourth-order valence-corrected chi connectivity index (χ4v) is 2.24. The molecular weight excluding hydrogens is 266 g/mol. The van der Waals surface area contributed by atoms with Crippen molar-refractivity contribution < 1.29 is 4.74 Å². The van der Waals surface area contributed by atoms with Crippen LogP contribution in [0.5, 0.6) is 5.75 Å². The van der Waals surface area contributed by atoms with E-state index < -0.39 is 0 Å². The highest BCUT2D eigenvalue weighted by atomic mass is 16.5. The van der Waals surface area contributed by atoms with Crippen LogP contribution in [0.25, 0.3) is 22.6 Å². The Morgan fingerprint density at radius 1 is 1.19 bits per heavy atom. The molecule has 0 fully saturated rings. The predicted molar refractivity (Wildman–Crippen MR) is 80.8 cm³/mol. The Morgan fingerprint density at radius 2 is 1.95 bits per heavy atom. The molecule has 0 saturated carbocycles. The zero-order valence-electron chi connectivity index (χ0n) is 11.8. The molecule has 3 rings (SSSR count). The van der Waals surface area contributed by atoms with E-state index in [4.69, 9.17) is 10.5 Å². The highest BCUT2D eigenvalue weighted by molar-refractivity contribution is 5.88. The summed E-state index contributed by atoms with van der Waals surface area (Å²) in [6.07, 6.45) is 3.35. The fraction of sp³-hybridized carbons (Fsp3) is 0.133. The number of anilines is 1. The molecule has 0 radical (unpaired) electrons. The molecule has 0 spiro atoms. The zero-order valence-corrected chi connectivity index (χ0v) is 11.8. The maximum atomic E-state index is 6.03. The first-order chi connectivity index (χ1) is 10.2. The first kappa shape index (κ1) is 13.1. The molecule has 0 amide bonds. The van der Waals surface area contributed by atoms with E-state index in [2.05, 4.69) is 20.2 Å². The second-order valence-electron chi connectivity index (χ2n) is 4.63. The maximum Gasteiger partial charge on any atom is 0.178 e. The summed E-state index contributed by atoms with van der Waals surface area (Å²) in [4.78, 5) is 8.50. The number of aromatic amines is 1. The van der Waals surface area contributed by atoms with Crippen LogP contribution in [0.2, 0.25) is 0 Å². The summed E-state index contributed by atoms with van der Waals surface area (Å²) in [7, 11) is 1.63. The largest absolute Gasteiger partial charge is 0.496 e. The topological polar surface area (TPSA) is 89.7 Å². The zero-order chi connectivity index (χ0) is 14.8. The van der Waals surface area contributed by atoms with Crippen molar-refractivity contribution in [2.45, 2.75) is 6.92 Å². The lowest BCUT2D eigenvalue weighted by molar-refractivity contribution is 0.416. The van der Waals surface area contributed by atoms with Gasteiger partial charge in [-0.15, -0.1) is 0 Å². The van der Waals surface area contributed by atoms with Crippen LogP contribution in [-0.4, -0.2) is 27.3 Å². The molecule has 0 aliphatic heterocycles. The van der Waals surface area contributed by atoms with Gasteiger partial charge in [-0.3, -0.25) is 5.10 Å². The molecule has 21 heavy (non-hydrogen) atoms. The number of methoxy groups -OCH3 is 1. The number of aryl methyl sites for hydroxylation is 1. The van der Waals surface area contributed by atoms with Gasteiger partial charge < -0.3 is 10.5 Å². The van der Waals surface area contributed by atoms with Crippen molar-refractivity contribution in [3.05, 3.63) is 42.2 Å². The average Bonchev–Trinajstić information content (AvgIpc) is 2.89. The SMILES string of the molecule is COc1ccc(C)cc1-c1c(N)n[nH]c1-c1ncccn1. The molecule has 6 heteroatoms. The Kier molecular flexibility index (Phi) is 3.27. The number of nitrogens with two attached hydrogens (primary N) is 1. The van der Waals surface area contributed by atoms with Crippen LogP contribution in [-0.2, 0) is 0 Å². The molecule has 0 atom stereocenters. The van der Waals surface area contributed by atoms with Crippen LogP contribution in [0.3, 0.4) is 0 Å². The van der Waals surface area contributed by atoms with Crippen LogP contribution >= 0.6 is 0 Å². The number of nitrogens with one attached hydrogen (secondary N) is 1. The highest BCUT2D eigenvalue weighted by Crippen LogP contribution is 2.38. The predicted octanol–water partition coefficient (Wildman–Crippen LogP) is 2.43. The van der Waals surface area contributed by atoms with Gasteiger partial charge in [-0.05, 0) is 25.1 Å². The fourth-order valence-electron chi connectivity index (χ4n) is 2.24. The molecular formula is C15H15N5O. The van der Waals surface area contributed by atoms with Crippen LogP contribution in [0.1, 0.15) is 5.56 Å². The van der Waals surface area contributed by atoms with Crippen molar-refractivity contribution in [3.8, 4) is 28.4 Å². The van der Waals surface area contributed by atoms with Crippen LogP contribution < -0.4 is 10.5 Å². The lowest BCUT2D eigenvalue weighted by atomic mass is 10.0. The van der Waals surface area contributed by atoms with Crippen LogP contribution in [0, 0.1) is 6.92 Å². The van der Waals surface area contributed by atoms with Crippen molar-refractivity contribution >= 4 is 5.82 Å². The average molecular weight is 281 g/mol. The second-order valence-corrected chi connectivity index (χ2v) is 4.63. The Balaban J connectivity index is 2.24. The Bertz CT molecular complexity index is 767. The van der Waals surface area contributed by atoms with E-state index >= 15 is 0 Å². The van der Waals surface area contributed by atoms with Gasteiger partial charge in [0.25, 0.3) is 0 Å². The summed E-state index contributed by atoms with van der Waals surface area (Å²) in [5, 5.41) is 7.00. The molecule has 6 nitrogen and oxygen atoms in total. The van der Waals surface area contributed by atoms with Crippen molar-refractivity contribution in [1.82, 2.24) is 20.2 Å². The van der Waals surface area contributed by atoms with E-state index in [0.29, 0.717) is 17.3 Å². The first-order valence-electron chi connectivity index (χ1n) is 6.47. The summed E-state index contributed by atoms with van der Waals surface area (Å²) in [5.41, 5.74) is 9.43. The van der Waals surface area contributed by atoms with Gasteiger partial charge in [0.05, 0.1) is 12.7 Å². The number of nitrogens with zero attached hydrogens (tertiary/aromatic N) is 3. The van der Waals surface area contributed by atoms with Crippen molar-refractivity contribution in [2.75, 3.05) is 12.8 Å². The quantitative estimate of drug-likeness (QED) is 0.769. The number of H-pyrrole nitrogens is 1. The lowest BCUT2D eigenvalue weighted by Gasteiger charge is -2.10. The summed E-state index contributed by atoms with van der Waals surface area (Å²) < 4.78 is 5.43. The third-order valence-corrected chi connectivity index (χ3v) is 3.21. The molecule has 3 aromatic rings. The maximum absolute atomic E-state index is 6.03. The number of hydrogen-bond donors (Lipinski definition) is 2. The standard InChI is InChI=1S/C15H15N5O/c1-9-4-5-11(21-2)10(8-9)12-13(19-20-14(12)16)15-17-6-3-7-18-15/h3-8H,1-2H3,(H3,16,19,20). The Labute approximate surface area is 122 Å². The second kappa shape index (κ2) is 5.24. The van der Waals surface area contributed by atoms with E-state index in [-0.39, 0.29) is 0 Å². The number of aromatic nitrogens is 4. The lowest BCUT2D eigenvalue weighted by Crippen LogP contribution is -1.95. The first-order valence-corrected chi connectivity index (χ1v) is 6.47. The third-order valence-electron chi connectivity index (χ3n) is 3.21. The third kappa shape index (κ3) is 2.31. The van der Waals surface area contributed by atoms with Gasteiger partial charge in [0.2, 0.25) is 0 Å². The van der Waals surface area contributed by atoms with E-state index in [1.54, 1.807) is 25.6 Å². The molecule has 1 aromatic carbocycles. The van der Waals surface area contributed by atoms with Crippen molar-refractivity contribution in [3.63, 3.8) is 0 Å². The van der Waals surface area contributed by atoms with Crippen molar-refractivity contribution in [2.24, 2.45) is 0 Å². The molecule has 0 aliphatic rings. The Morgan fingerprint density at radius 3 is 2.67 bits per heavy atom. The number of ether oxygens (including phenoxy) is 1. The number of nitrogen functional groups attached to an aromatic ring is 1. The molecule has 0 saturated heterocycles. The minimum Gasteiger partial charge on any atom is -0.496 e. The summed E-state index contributed by atoms with van der Waals surface area (Å²) in [6, 6.07) is 7.66. The summed E-state index contributed by atoms with van der Waals surface area (Å²) in [5.74, 6) is 1.66. The monoisotopic (exact) mass is 281 g/mol. The van der Waals surface area contributed by atoms with Gasteiger partial charge in [-0.2, -0.15) is 5.10 Å². The van der Waals surface area contributed by atoms with E-state index in [1.807, 2.05) is 25.1 Å². The number of benzene rings is 1. The minimum absolute atomic E-state index is 0.390. The van der Waals surface area contributed by atoms with Gasteiger partial charge in [-0.1, -0.05) is 11.6 Å². The molecule has 0 bridgehead atoms. The van der Waals surface area contributed by atoms with E-state index in [1.165, 1.54) is 0 Å². The van der Waals surface area contributed by atoms with Crippen LogP contribution in [0.15, 0.2) is 36.7 Å². The number of rotatable bonds is 3. The van der Waals surface area contributed by atoms with Gasteiger partial charge in [0.1, 0.15) is 11.4 Å². The molecule has 2 heterocycles. The van der Waals surface area contributed by atoms with E-state index in [0.717, 1.165) is 22.4 Å². The minimum atomic E-state index is 0.390. The van der Waals surface area contributed by atoms with Gasteiger partial charge in [0, 0.05) is 18.0 Å². The van der Waals surface area contributed by atoms with Gasteiger partial charge >= 0.3 is 0 Å².